The zero-order chi connectivity index (χ0) is 29.9. The molecule has 12 heteroatoms. The number of ether oxygens (including phenoxy) is 1. The molecule has 4 aliphatic rings. The number of anilines is 4. The molecule has 1 amide bonds. The summed E-state index contributed by atoms with van der Waals surface area (Å²) in [7, 11) is -3.05. The molecule has 7 rings (SSSR count). The molecule has 0 spiro atoms. The van der Waals surface area contributed by atoms with E-state index < -0.39 is 9.84 Å². The maximum Gasteiger partial charge on any atom is 0.245 e. The highest BCUT2D eigenvalue weighted by atomic mass is 32.2. The van der Waals surface area contributed by atoms with E-state index in [9.17, 15) is 13.2 Å². The van der Waals surface area contributed by atoms with Crippen molar-refractivity contribution in [2.24, 2.45) is 11.8 Å². The number of carbonyl (C=O) groups excluding carboxylic acids is 1. The smallest absolute Gasteiger partial charge is 0.245 e. The monoisotopic (exact) mass is 603 g/mol. The summed E-state index contributed by atoms with van der Waals surface area (Å²) in [6.45, 7) is 10.1. The van der Waals surface area contributed by atoms with Crippen molar-refractivity contribution in [1.29, 1.82) is 0 Å². The fraction of sp³-hybridized carbons (Fsp3) is 0.484. The largest absolute Gasteiger partial charge is 0.379 e. The van der Waals surface area contributed by atoms with Crippen LogP contribution in [-0.4, -0.2) is 97.7 Å². The minimum absolute atomic E-state index is 0.0550. The number of rotatable bonds is 8. The molecule has 0 saturated carbocycles. The molecule has 11 nitrogen and oxygen atoms in total. The Hall–Kier alpha value is -3.77. The number of fused-ring (bicyclic) bond motifs is 2. The van der Waals surface area contributed by atoms with E-state index in [0.717, 1.165) is 41.6 Å². The van der Waals surface area contributed by atoms with Crippen molar-refractivity contribution in [2.75, 3.05) is 66.5 Å². The number of hydrogen-bond acceptors (Lipinski definition) is 10. The van der Waals surface area contributed by atoms with Crippen LogP contribution in [0.2, 0.25) is 0 Å². The molecule has 0 radical (unpaired) electrons. The highest BCUT2D eigenvalue weighted by Gasteiger charge is 2.40. The van der Waals surface area contributed by atoms with Crippen LogP contribution in [-0.2, 0) is 19.4 Å². The van der Waals surface area contributed by atoms with Crippen LogP contribution in [0.25, 0.3) is 10.8 Å². The predicted molar refractivity (Wildman–Crippen MR) is 167 cm³/mol. The summed E-state index contributed by atoms with van der Waals surface area (Å²) < 4.78 is 29.6. The summed E-state index contributed by atoms with van der Waals surface area (Å²) in [6, 6.07) is 8.59. The molecule has 226 valence electrons. The lowest BCUT2D eigenvalue weighted by Gasteiger charge is -2.48. The summed E-state index contributed by atoms with van der Waals surface area (Å²) in [5, 5.41) is 5.47. The minimum Gasteiger partial charge on any atom is -0.379 e. The first-order valence-corrected chi connectivity index (χ1v) is 17.0. The first kappa shape index (κ1) is 28.0. The summed E-state index contributed by atoms with van der Waals surface area (Å²) in [4.78, 5) is 32.6. The van der Waals surface area contributed by atoms with E-state index in [2.05, 4.69) is 51.8 Å². The van der Waals surface area contributed by atoms with Crippen LogP contribution in [0.1, 0.15) is 24.8 Å². The molecule has 4 saturated heterocycles. The molecule has 43 heavy (non-hydrogen) atoms. The van der Waals surface area contributed by atoms with Crippen LogP contribution < -0.4 is 15.1 Å². The average Bonchev–Trinajstić information content (AvgIpc) is 3.58. The molecule has 1 N–H and O–H groups in total. The normalized spacial score (nSPS) is 25.4. The Morgan fingerprint density at radius 3 is 2.72 bits per heavy atom. The SMILES string of the molecule is C=CC(=O)N1CC(c2ccc(N3C[C@H](CS(C)(=O)=O)[C@H]3C)c3cnc(Nc4ccnc(N5CC[C@H]6COC[C@H]65)n4)cc23)C1. The molecular formula is C31H37N7O4S. The lowest BCUT2D eigenvalue weighted by atomic mass is 9.85. The van der Waals surface area contributed by atoms with Gasteiger partial charge in [-0.05, 0) is 48.6 Å². The maximum absolute atomic E-state index is 12.1. The van der Waals surface area contributed by atoms with Gasteiger partial charge in [-0.1, -0.05) is 12.6 Å². The number of likely N-dealkylation sites (tertiary alicyclic amines) is 1. The van der Waals surface area contributed by atoms with Crippen molar-refractivity contribution in [3.8, 4) is 0 Å². The molecule has 1 aromatic carbocycles. The second-order valence-corrected chi connectivity index (χ2v) is 14.6. The molecule has 4 aliphatic heterocycles. The van der Waals surface area contributed by atoms with E-state index in [1.165, 1.54) is 12.3 Å². The number of amides is 1. The van der Waals surface area contributed by atoms with Crippen molar-refractivity contribution in [3.63, 3.8) is 0 Å². The summed E-state index contributed by atoms with van der Waals surface area (Å²) >= 11 is 0. The van der Waals surface area contributed by atoms with Crippen LogP contribution in [0, 0.1) is 11.8 Å². The Kier molecular flexibility index (Phi) is 7.00. The Morgan fingerprint density at radius 1 is 1.12 bits per heavy atom. The van der Waals surface area contributed by atoms with Gasteiger partial charge in [0.2, 0.25) is 11.9 Å². The molecule has 3 aromatic rings. The van der Waals surface area contributed by atoms with Gasteiger partial charge in [0.05, 0.1) is 25.0 Å². The van der Waals surface area contributed by atoms with Gasteiger partial charge in [0.15, 0.2) is 0 Å². The van der Waals surface area contributed by atoms with Crippen LogP contribution in [0.15, 0.2) is 49.3 Å². The fourth-order valence-electron chi connectivity index (χ4n) is 7.11. The third-order valence-electron chi connectivity index (χ3n) is 9.61. The number of aromatic nitrogens is 3. The third kappa shape index (κ3) is 5.20. The van der Waals surface area contributed by atoms with Crippen molar-refractivity contribution in [2.45, 2.75) is 31.3 Å². The zero-order valence-corrected chi connectivity index (χ0v) is 25.3. The number of hydrogen-bond donors (Lipinski definition) is 1. The predicted octanol–water partition coefficient (Wildman–Crippen LogP) is 2.97. The molecule has 0 bridgehead atoms. The second-order valence-electron chi connectivity index (χ2n) is 12.4. The summed E-state index contributed by atoms with van der Waals surface area (Å²) in [5.74, 6) is 3.00. The van der Waals surface area contributed by atoms with E-state index in [4.69, 9.17) is 14.7 Å². The Balaban J connectivity index is 1.18. The van der Waals surface area contributed by atoms with E-state index in [1.807, 2.05) is 12.3 Å². The summed E-state index contributed by atoms with van der Waals surface area (Å²) in [6.07, 6.45) is 7.41. The number of benzene rings is 1. The average molecular weight is 604 g/mol. The maximum atomic E-state index is 12.1. The van der Waals surface area contributed by atoms with Gasteiger partial charge in [-0.15, -0.1) is 0 Å². The van der Waals surface area contributed by atoms with Crippen LogP contribution in [0.4, 0.5) is 23.3 Å². The fourth-order valence-corrected chi connectivity index (χ4v) is 8.27. The van der Waals surface area contributed by atoms with Gasteiger partial charge in [-0.2, -0.15) is 4.98 Å². The van der Waals surface area contributed by atoms with E-state index >= 15 is 0 Å². The van der Waals surface area contributed by atoms with E-state index in [0.29, 0.717) is 55.8 Å². The molecule has 0 unspecified atom stereocenters. The topological polar surface area (TPSA) is 121 Å². The molecular weight excluding hydrogens is 566 g/mol. The quantitative estimate of drug-likeness (QED) is 0.385. The van der Waals surface area contributed by atoms with Crippen molar-refractivity contribution in [3.05, 3.63) is 54.9 Å². The lowest BCUT2D eigenvalue weighted by molar-refractivity contribution is -0.130. The van der Waals surface area contributed by atoms with Gasteiger partial charge in [0.1, 0.15) is 21.5 Å². The Labute approximate surface area is 251 Å². The lowest BCUT2D eigenvalue weighted by Crippen LogP contribution is -2.57. The van der Waals surface area contributed by atoms with E-state index in [1.54, 1.807) is 11.1 Å². The first-order chi connectivity index (χ1) is 20.7. The number of pyridine rings is 1. The van der Waals surface area contributed by atoms with Crippen LogP contribution >= 0.6 is 0 Å². The highest BCUT2D eigenvalue weighted by Crippen LogP contribution is 2.41. The second kappa shape index (κ2) is 10.7. The van der Waals surface area contributed by atoms with Gasteiger partial charge in [0, 0.05) is 79.7 Å². The summed E-state index contributed by atoms with van der Waals surface area (Å²) in [5.41, 5.74) is 2.20. The third-order valence-corrected chi connectivity index (χ3v) is 10.6. The Bertz CT molecular complexity index is 1690. The number of sulfone groups is 1. The van der Waals surface area contributed by atoms with Gasteiger partial charge in [0.25, 0.3) is 0 Å². The number of carbonyl (C=O) groups is 1. The highest BCUT2D eigenvalue weighted by molar-refractivity contribution is 7.90. The van der Waals surface area contributed by atoms with Gasteiger partial charge in [-0.25, -0.2) is 18.4 Å². The first-order valence-electron chi connectivity index (χ1n) is 14.9. The molecule has 6 heterocycles. The molecule has 4 atom stereocenters. The van der Waals surface area contributed by atoms with E-state index in [-0.39, 0.29) is 29.5 Å². The zero-order valence-electron chi connectivity index (χ0n) is 24.5. The minimum atomic E-state index is -3.05. The molecule has 2 aromatic heterocycles. The van der Waals surface area contributed by atoms with Crippen LogP contribution in [0.5, 0.6) is 0 Å². The standard InChI is InChI=1S/C31H37N7O4S/c1-4-30(39)36-13-21(14-36)23-5-6-26(38-15-22(19(38)2)18-43(3,40)41)25-12-33-29(11-24(23)25)34-28-7-9-32-31(35-28)37-10-8-20-16-42-17-27(20)37/h4-7,9,11-12,19-22,27H,1,8,10,13-18H2,2-3H3,(H,32,33,34,35)/t19-,20+,22-,27-/m1/s1. The van der Waals surface area contributed by atoms with Crippen molar-refractivity contribution < 1.29 is 17.9 Å². The van der Waals surface area contributed by atoms with Gasteiger partial charge in [-0.3, -0.25) is 4.79 Å². The van der Waals surface area contributed by atoms with Crippen molar-refractivity contribution in [1.82, 2.24) is 19.9 Å². The number of nitrogens with zero attached hydrogens (tertiary/aromatic N) is 6. The van der Waals surface area contributed by atoms with Crippen LogP contribution in [0.3, 0.4) is 0 Å². The van der Waals surface area contributed by atoms with Gasteiger partial charge >= 0.3 is 0 Å². The molecule has 4 fully saturated rings. The Morgan fingerprint density at radius 2 is 1.95 bits per heavy atom. The number of nitrogens with one attached hydrogen (secondary N) is 1. The van der Waals surface area contributed by atoms with Gasteiger partial charge < -0.3 is 24.8 Å². The van der Waals surface area contributed by atoms with Crippen molar-refractivity contribution >= 4 is 49.8 Å². The molecule has 0 aliphatic carbocycles.